The average Bonchev–Trinajstić information content (AvgIpc) is 2.19. The molecule has 83 valence electrons. The van der Waals surface area contributed by atoms with Crippen LogP contribution < -0.4 is 10.6 Å². The molecule has 0 amide bonds. The van der Waals surface area contributed by atoms with E-state index in [1.54, 1.807) is 0 Å². The summed E-state index contributed by atoms with van der Waals surface area (Å²) in [5, 5.41) is 6.68. The van der Waals surface area contributed by atoms with Gasteiger partial charge in [0.05, 0.1) is 0 Å². The van der Waals surface area contributed by atoms with Crippen molar-refractivity contribution in [2.75, 3.05) is 14.1 Å². The van der Waals surface area contributed by atoms with Crippen molar-refractivity contribution in [2.24, 2.45) is 0 Å². The molecule has 13 heavy (non-hydrogen) atoms. The minimum absolute atomic E-state index is 0.707. The Balaban J connectivity index is 0.000000424. The maximum atomic E-state index is 3.34. The second-order valence-corrected chi connectivity index (χ2v) is 8.38. The summed E-state index contributed by atoms with van der Waals surface area (Å²) in [7, 11) is 4.11. The first-order valence-electron chi connectivity index (χ1n) is 4.48. The summed E-state index contributed by atoms with van der Waals surface area (Å²) in [6, 6.07) is 1.41. The Morgan fingerprint density at radius 1 is 1.00 bits per heavy atom. The molecule has 0 aromatic rings. The molecule has 0 aromatic carbocycles. The van der Waals surface area contributed by atoms with Gasteiger partial charge in [0.15, 0.2) is 0 Å². The van der Waals surface area contributed by atoms with E-state index in [1.807, 2.05) is 0 Å². The third kappa shape index (κ3) is 6.46. The molecule has 0 aliphatic heterocycles. The molecule has 1 aliphatic carbocycles. The summed E-state index contributed by atoms with van der Waals surface area (Å²) in [6.07, 6.45) is 5.46. The molecule has 1 rings (SSSR count). The van der Waals surface area contributed by atoms with Crippen LogP contribution in [0.5, 0.6) is 0 Å². The molecule has 0 unspecified atom stereocenters. The Bertz CT molecular complexity index is 104. The normalized spacial score (nSPS) is 28.0. The Morgan fingerprint density at radius 2 is 1.31 bits per heavy atom. The first-order chi connectivity index (χ1) is 6.29. The molecule has 0 spiro atoms. The number of rotatable bonds is 2. The van der Waals surface area contributed by atoms with Crippen LogP contribution in [-0.2, 0) is 11.1 Å². The van der Waals surface area contributed by atoms with Crippen LogP contribution in [0.15, 0.2) is 0 Å². The maximum absolute atomic E-state index is 3.34. The van der Waals surface area contributed by atoms with E-state index in [2.05, 4.69) is 53.1 Å². The molecular weight excluding hydrogens is 343 g/mol. The van der Waals surface area contributed by atoms with Gasteiger partial charge in [-0.3, -0.25) is 0 Å². The van der Waals surface area contributed by atoms with E-state index in [0.717, 1.165) is 11.1 Å². The van der Waals surface area contributed by atoms with Crippen molar-refractivity contribution >= 4 is 28.3 Å². The molecule has 2 nitrogen and oxygen atoms in total. The van der Waals surface area contributed by atoms with Crippen LogP contribution in [0, 0.1) is 0 Å². The predicted molar refractivity (Wildman–Crippen MR) is 62.0 cm³/mol. The van der Waals surface area contributed by atoms with Gasteiger partial charge in [0.1, 0.15) is 0 Å². The fraction of sp³-hybridized carbons (Fsp3) is 1.00. The topological polar surface area (TPSA) is 24.1 Å². The van der Waals surface area contributed by atoms with Crippen molar-refractivity contribution in [3.8, 4) is 0 Å². The van der Waals surface area contributed by atoms with Crippen molar-refractivity contribution in [2.45, 2.75) is 37.8 Å². The number of likely N-dealkylation sites (N-methyl/N-ethyl adjacent to an activating group) is 2. The second-order valence-electron chi connectivity index (χ2n) is 3.12. The quantitative estimate of drug-likeness (QED) is 0.790. The average molecular weight is 361 g/mol. The van der Waals surface area contributed by atoms with Gasteiger partial charge < -0.3 is 10.6 Å². The van der Waals surface area contributed by atoms with E-state index in [4.69, 9.17) is 0 Å². The van der Waals surface area contributed by atoms with Gasteiger partial charge in [-0.1, -0.05) is 12.8 Å². The SMILES string of the molecule is CN[C@@H]1CCCC[C@H]1NC.[Br][Co][Br]. The molecule has 1 aliphatic rings. The Kier molecular flexibility index (Phi) is 11.0. The van der Waals surface area contributed by atoms with Gasteiger partial charge in [-0.25, -0.2) is 0 Å². The Morgan fingerprint density at radius 3 is 1.54 bits per heavy atom. The minimum atomic E-state index is 0.707. The third-order valence-electron chi connectivity index (χ3n) is 2.51. The van der Waals surface area contributed by atoms with Crippen molar-refractivity contribution in [3.63, 3.8) is 0 Å². The number of nitrogens with one attached hydrogen (secondary N) is 2. The van der Waals surface area contributed by atoms with Crippen molar-refractivity contribution in [1.29, 1.82) is 0 Å². The Hall–Kier alpha value is 1.39. The van der Waals surface area contributed by atoms with Crippen LogP contribution in [0.1, 0.15) is 25.7 Å². The zero-order valence-corrected chi connectivity index (χ0v) is 12.3. The number of hydrogen-bond acceptors (Lipinski definition) is 2. The third-order valence-corrected chi connectivity index (χ3v) is 2.51. The summed E-state index contributed by atoms with van der Waals surface area (Å²) in [5.41, 5.74) is 0. The van der Waals surface area contributed by atoms with E-state index >= 15 is 0 Å². The van der Waals surface area contributed by atoms with E-state index in [1.165, 1.54) is 25.7 Å². The number of halogens is 2. The van der Waals surface area contributed by atoms with Crippen LogP contribution in [0.25, 0.3) is 0 Å². The van der Waals surface area contributed by atoms with Crippen LogP contribution in [0.3, 0.4) is 0 Å². The van der Waals surface area contributed by atoms with Crippen LogP contribution in [0.4, 0.5) is 0 Å². The summed E-state index contributed by atoms with van der Waals surface area (Å²) >= 11 is 7.12. The molecule has 2 atom stereocenters. The van der Waals surface area contributed by atoms with Gasteiger partial charge in [-0.2, -0.15) is 0 Å². The first-order valence-corrected chi connectivity index (χ1v) is 9.63. The molecule has 5 heteroatoms. The van der Waals surface area contributed by atoms with Gasteiger partial charge in [-0.05, 0) is 26.9 Å². The molecule has 0 saturated heterocycles. The number of hydrogen-bond donors (Lipinski definition) is 2. The predicted octanol–water partition coefficient (Wildman–Crippen LogP) is 2.43. The van der Waals surface area contributed by atoms with Crippen molar-refractivity contribution in [1.82, 2.24) is 10.6 Å². The molecule has 0 radical (unpaired) electrons. The molecule has 0 heterocycles. The fourth-order valence-electron chi connectivity index (χ4n) is 1.82. The molecule has 2 N–H and O–H groups in total. The van der Waals surface area contributed by atoms with E-state index in [-0.39, 0.29) is 0 Å². The molecule has 0 aromatic heterocycles. The molecule has 0 bridgehead atoms. The van der Waals surface area contributed by atoms with Crippen molar-refractivity contribution < 1.29 is 11.1 Å². The van der Waals surface area contributed by atoms with E-state index in [9.17, 15) is 0 Å². The standard InChI is InChI=1S/C8H18N2.2BrH.Co/c1-9-7-5-3-4-6-8(7)10-2;;;/h7-10H,3-6H2,1-2H3;2*1H;/q;;;+2/p-2/t7-,8-;;;/m1.../s1. The molecule has 1 fully saturated rings. The van der Waals surface area contributed by atoms with Crippen LogP contribution in [0.2, 0.25) is 0 Å². The monoisotopic (exact) mass is 359 g/mol. The Labute approximate surface area is 101 Å². The van der Waals surface area contributed by atoms with E-state index in [0.29, 0.717) is 12.1 Å². The van der Waals surface area contributed by atoms with Crippen molar-refractivity contribution in [3.05, 3.63) is 0 Å². The van der Waals surface area contributed by atoms with Crippen LogP contribution >= 0.6 is 28.3 Å². The van der Waals surface area contributed by atoms with Gasteiger partial charge in [0.2, 0.25) is 0 Å². The molecule has 1 saturated carbocycles. The fourth-order valence-corrected chi connectivity index (χ4v) is 1.82. The zero-order chi connectivity index (χ0) is 10.1. The summed E-state index contributed by atoms with van der Waals surface area (Å²) in [5.74, 6) is 0. The summed E-state index contributed by atoms with van der Waals surface area (Å²) < 4.78 is 0. The van der Waals surface area contributed by atoms with Gasteiger partial charge in [0, 0.05) is 12.1 Å². The van der Waals surface area contributed by atoms with Gasteiger partial charge >= 0.3 is 39.5 Å². The van der Waals surface area contributed by atoms with E-state index < -0.39 is 0 Å². The van der Waals surface area contributed by atoms with Gasteiger partial charge in [-0.15, -0.1) is 0 Å². The van der Waals surface area contributed by atoms with Gasteiger partial charge in [0.25, 0.3) is 0 Å². The molecular formula is C8H18Br2CoN2. The zero-order valence-electron chi connectivity index (χ0n) is 8.07. The van der Waals surface area contributed by atoms with Crippen LogP contribution in [-0.4, -0.2) is 26.2 Å². The summed E-state index contributed by atoms with van der Waals surface area (Å²) in [6.45, 7) is 0. The summed E-state index contributed by atoms with van der Waals surface area (Å²) in [4.78, 5) is 0. The first kappa shape index (κ1) is 14.4. The second kappa shape index (κ2) is 9.92.